The van der Waals surface area contributed by atoms with Crippen LogP contribution in [0, 0.1) is 0 Å². The summed E-state index contributed by atoms with van der Waals surface area (Å²) in [6.07, 6.45) is 9.60. The lowest BCUT2D eigenvalue weighted by Gasteiger charge is -2.26. The van der Waals surface area contributed by atoms with Gasteiger partial charge in [-0.15, -0.1) is 0 Å². The van der Waals surface area contributed by atoms with Crippen molar-refractivity contribution in [3.63, 3.8) is 0 Å². The van der Waals surface area contributed by atoms with Gasteiger partial charge in [-0.3, -0.25) is 9.78 Å². The Morgan fingerprint density at radius 2 is 1.93 bits per heavy atom. The van der Waals surface area contributed by atoms with Crippen LogP contribution in [-0.4, -0.2) is 53.3 Å². The monoisotopic (exact) mass is 552 g/mol. The molecule has 1 fully saturated rings. The van der Waals surface area contributed by atoms with Crippen LogP contribution in [0.5, 0.6) is 5.75 Å². The van der Waals surface area contributed by atoms with Crippen LogP contribution in [0.3, 0.4) is 0 Å². The maximum atomic E-state index is 11.6. The number of benzene rings is 2. The molecule has 3 heterocycles. The number of hydrogen-bond donors (Lipinski definition) is 4. The normalized spacial score (nSPS) is 13.6. The number of unbranched alkanes of at least 4 members (excludes halogenated alkanes) is 1. The van der Waals surface area contributed by atoms with E-state index in [1.54, 1.807) is 18.3 Å². The number of amides is 1. The molecule has 9 heteroatoms. The molecule has 2 aromatic carbocycles. The third kappa shape index (κ3) is 6.42. The van der Waals surface area contributed by atoms with Crippen molar-refractivity contribution >= 4 is 44.3 Å². The van der Waals surface area contributed by atoms with E-state index < -0.39 is 5.91 Å². The van der Waals surface area contributed by atoms with Crippen molar-refractivity contribution < 1.29 is 14.3 Å². The highest BCUT2D eigenvalue weighted by Gasteiger charge is 2.19. The molecule has 0 unspecified atom stereocenters. The Morgan fingerprint density at radius 3 is 2.78 bits per heavy atom. The van der Waals surface area contributed by atoms with Gasteiger partial charge in [0.25, 0.3) is 0 Å². The summed E-state index contributed by atoms with van der Waals surface area (Å²) in [7, 11) is 0. The largest absolute Gasteiger partial charge is 0.490 e. The molecular formula is C32H36N6O3. The average molecular weight is 553 g/mol. The van der Waals surface area contributed by atoms with Gasteiger partial charge in [0.1, 0.15) is 11.6 Å². The van der Waals surface area contributed by atoms with Crippen LogP contribution >= 0.6 is 0 Å². The second kappa shape index (κ2) is 12.5. The van der Waals surface area contributed by atoms with E-state index in [1.807, 2.05) is 18.3 Å². The Balaban J connectivity index is 0.906. The molecule has 0 atom stereocenters. The van der Waals surface area contributed by atoms with E-state index in [1.165, 1.54) is 30.3 Å². The minimum Gasteiger partial charge on any atom is -0.490 e. The standard InChI is InChI=1S/C32H36N6O3/c33-31(39)22-7-9-26-28-20-35-12-10-27(28)32(38-30(26)17-22)36-13-15-40-14-2-1-11-34-19-23-16-21-6-8-25(18-29(21)37-23)41-24-4-3-5-24/h6-10,12,16-18,20,24,34,37H,1-5,11,13-15,19H2,(H2,33,39)(H,36,38). The summed E-state index contributed by atoms with van der Waals surface area (Å²) in [6, 6.07) is 15.8. The number of anilines is 1. The Bertz CT molecular complexity index is 1660. The molecule has 1 saturated carbocycles. The summed E-state index contributed by atoms with van der Waals surface area (Å²) in [5.74, 6) is 1.22. The van der Waals surface area contributed by atoms with Gasteiger partial charge in [0.05, 0.1) is 18.2 Å². The first-order chi connectivity index (χ1) is 20.1. The van der Waals surface area contributed by atoms with Crippen LogP contribution < -0.4 is 21.1 Å². The van der Waals surface area contributed by atoms with Gasteiger partial charge in [-0.25, -0.2) is 4.98 Å². The molecule has 0 radical (unpaired) electrons. The molecular weight excluding hydrogens is 516 g/mol. The van der Waals surface area contributed by atoms with Crippen LogP contribution in [0.25, 0.3) is 32.6 Å². The molecule has 5 aromatic rings. The third-order valence-electron chi connectivity index (χ3n) is 7.63. The highest BCUT2D eigenvalue weighted by Crippen LogP contribution is 2.30. The number of carbonyl (C=O) groups excluding carboxylic acids is 1. The van der Waals surface area contributed by atoms with Crippen LogP contribution in [0.15, 0.2) is 60.9 Å². The predicted octanol–water partition coefficient (Wildman–Crippen LogP) is 5.29. The fourth-order valence-electron chi connectivity index (χ4n) is 5.17. The zero-order chi connectivity index (χ0) is 28.0. The molecule has 41 heavy (non-hydrogen) atoms. The van der Waals surface area contributed by atoms with E-state index in [2.05, 4.69) is 44.9 Å². The Morgan fingerprint density at radius 1 is 1.00 bits per heavy atom. The lowest BCUT2D eigenvalue weighted by molar-refractivity contribution is 0.100. The molecule has 9 nitrogen and oxygen atoms in total. The summed E-state index contributed by atoms with van der Waals surface area (Å²) >= 11 is 0. The quantitative estimate of drug-likeness (QED) is 0.109. The lowest BCUT2D eigenvalue weighted by atomic mass is 9.96. The lowest BCUT2D eigenvalue weighted by Crippen LogP contribution is -2.24. The molecule has 5 N–H and O–H groups in total. The molecule has 3 aromatic heterocycles. The van der Waals surface area contributed by atoms with Gasteiger partial charge in [-0.2, -0.15) is 0 Å². The van der Waals surface area contributed by atoms with E-state index in [4.69, 9.17) is 20.2 Å². The number of carbonyl (C=O) groups is 1. The minimum absolute atomic E-state index is 0.392. The van der Waals surface area contributed by atoms with Gasteiger partial charge in [0.2, 0.25) is 5.91 Å². The van der Waals surface area contributed by atoms with Crippen molar-refractivity contribution in [3.05, 3.63) is 72.2 Å². The number of pyridine rings is 2. The molecule has 6 rings (SSSR count). The van der Waals surface area contributed by atoms with Crippen molar-refractivity contribution in [2.45, 2.75) is 44.8 Å². The second-order valence-corrected chi connectivity index (χ2v) is 10.6. The number of H-pyrrole nitrogens is 1. The first-order valence-corrected chi connectivity index (χ1v) is 14.4. The number of ether oxygens (including phenoxy) is 2. The number of fused-ring (bicyclic) bond motifs is 4. The third-order valence-corrected chi connectivity index (χ3v) is 7.63. The van der Waals surface area contributed by atoms with E-state index in [0.29, 0.717) is 36.9 Å². The molecule has 1 aliphatic carbocycles. The number of aromatic nitrogens is 3. The zero-order valence-electron chi connectivity index (χ0n) is 23.1. The van der Waals surface area contributed by atoms with Crippen LogP contribution in [0.1, 0.15) is 48.2 Å². The molecule has 0 spiro atoms. The van der Waals surface area contributed by atoms with Gasteiger partial charge in [-0.05, 0) is 80.4 Å². The fraction of sp³-hybridized carbons (Fsp3) is 0.344. The van der Waals surface area contributed by atoms with Crippen molar-refractivity contribution in [2.75, 3.05) is 31.6 Å². The van der Waals surface area contributed by atoms with Crippen LogP contribution in [-0.2, 0) is 11.3 Å². The van der Waals surface area contributed by atoms with E-state index in [9.17, 15) is 4.79 Å². The fourth-order valence-corrected chi connectivity index (χ4v) is 5.17. The number of nitrogens with one attached hydrogen (secondary N) is 3. The number of rotatable bonds is 14. The number of hydrogen-bond acceptors (Lipinski definition) is 7. The van der Waals surface area contributed by atoms with Crippen molar-refractivity contribution in [1.82, 2.24) is 20.3 Å². The summed E-state index contributed by atoms with van der Waals surface area (Å²) in [6.45, 7) is 3.64. The molecule has 212 valence electrons. The highest BCUT2D eigenvalue weighted by atomic mass is 16.5. The smallest absolute Gasteiger partial charge is 0.248 e. The molecule has 1 aliphatic rings. The predicted molar refractivity (Wildman–Crippen MR) is 162 cm³/mol. The summed E-state index contributed by atoms with van der Waals surface area (Å²) in [5, 5.41) is 11.0. The Kier molecular flexibility index (Phi) is 8.25. The van der Waals surface area contributed by atoms with Crippen molar-refractivity contribution in [2.24, 2.45) is 5.73 Å². The number of primary amides is 1. The Labute approximate surface area is 238 Å². The molecule has 0 aliphatic heterocycles. The minimum atomic E-state index is -0.473. The topological polar surface area (TPSA) is 127 Å². The van der Waals surface area contributed by atoms with E-state index in [0.717, 1.165) is 59.2 Å². The zero-order valence-corrected chi connectivity index (χ0v) is 23.1. The summed E-state index contributed by atoms with van der Waals surface area (Å²) < 4.78 is 11.9. The Hall–Kier alpha value is -4.21. The number of nitrogens with two attached hydrogens (primary N) is 1. The SMILES string of the molecule is NC(=O)c1ccc2c(c1)nc(NCCOCCCCNCc1cc3ccc(OC4CCC4)cc3[nH]1)c1ccncc12. The number of nitrogens with zero attached hydrogens (tertiary/aromatic N) is 2. The highest BCUT2D eigenvalue weighted by molar-refractivity contribution is 6.11. The average Bonchev–Trinajstić information content (AvgIpc) is 3.37. The maximum Gasteiger partial charge on any atom is 0.248 e. The second-order valence-electron chi connectivity index (χ2n) is 10.6. The van der Waals surface area contributed by atoms with Gasteiger partial charge < -0.3 is 30.8 Å². The molecule has 0 saturated heterocycles. The van der Waals surface area contributed by atoms with E-state index >= 15 is 0 Å². The number of aromatic amines is 1. The van der Waals surface area contributed by atoms with Gasteiger partial charge >= 0.3 is 0 Å². The van der Waals surface area contributed by atoms with Gasteiger partial charge in [0.15, 0.2) is 0 Å². The maximum absolute atomic E-state index is 11.6. The van der Waals surface area contributed by atoms with Crippen molar-refractivity contribution in [3.8, 4) is 5.75 Å². The summed E-state index contributed by atoms with van der Waals surface area (Å²) in [4.78, 5) is 24.2. The van der Waals surface area contributed by atoms with E-state index in [-0.39, 0.29) is 0 Å². The molecule has 1 amide bonds. The van der Waals surface area contributed by atoms with Crippen molar-refractivity contribution in [1.29, 1.82) is 0 Å². The first kappa shape index (κ1) is 27.0. The van der Waals surface area contributed by atoms with Gasteiger partial charge in [0, 0.05) is 71.1 Å². The summed E-state index contributed by atoms with van der Waals surface area (Å²) in [5.41, 5.74) is 8.90. The molecule has 0 bridgehead atoms. The van der Waals surface area contributed by atoms with Crippen LogP contribution in [0.4, 0.5) is 5.82 Å². The van der Waals surface area contributed by atoms with Crippen LogP contribution in [0.2, 0.25) is 0 Å². The first-order valence-electron chi connectivity index (χ1n) is 14.4. The van der Waals surface area contributed by atoms with Gasteiger partial charge in [-0.1, -0.05) is 6.07 Å².